The van der Waals surface area contributed by atoms with Gasteiger partial charge in [0, 0.05) is 26.9 Å². The molecular weight excluding hydrogens is 358 g/mol. The second kappa shape index (κ2) is 6.46. The van der Waals surface area contributed by atoms with Crippen LogP contribution in [0.25, 0.3) is 5.69 Å². The van der Waals surface area contributed by atoms with Crippen molar-refractivity contribution in [3.05, 3.63) is 76.4 Å². The number of carbonyl (C=O) groups excluding carboxylic acids is 1. The second-order valence-corrected chi connectivity index (χ2v) is 7.61. The Labute approximate surface area is 152 Å². The molecule has 2 heterocycles. The lowest BCUT2D eigenvalue weighted by Gasteiger charge is -2.11. The Kier molecular flexibility index (Phi) is 4.15. The number of benzene rings is 2. The number of hydrogen-bond acceptors (Lipinski definition) is 3. The van der Waals surface area contributed by atoms with E-state index in [1.807, 2.05) is 30.3 Å². The van der Waals surface area contributed by atoms with E-state index in [1.54, 1.807) is 28.9 Å². The average molecular weight is 372 g/mol. The van der Waals surface area contributed by atoms with Crippen LogP contribution in [0.4, 0.5) is 5.82 Å². The minimum absolute atomic E-state index is 0.278. The van der Waals surface area contributed by atoms with Crippen molar-refractivity contribution in [1.82, 2.24) is 9.78 Å². The number of carbonyl (C=O) groups is 1. The Morgan fingerprint density at radius 2 is 1.92 bits per heavy atom. The zero-order valence-corrected chi connectivity index (χ0v) is 14.7. The predicted octanol–water partition coefficient (Wildman–Crippen LogP) is 3.54. The normalized spacial score (nSPS) is 15.8. The second-order valence-electron chi connectivity index (χ2n) is 5.71. The van der Waals surface area contributed by atoms with Gasteiger partial charge < -0.3 is 5.32 Å². The molecule has 126 valence electrons. The number of aromatic nitrogens is 2. The summed E-state index contributed by atoms with van der Waals surface area (Å²) in [5, 5.41) is 7.98. The molecule has 0 fully saturated rings. The Hall–Kier alpha value is -2.44. The number of hydrogen-bond donors (Lipinski definition) is 1. The minimum Gasteiger partial charge on any atom is -0.306 e. The van der Waals surface area contributed by atoms with Crippen molar-refractivity contribution in [1.29, 1.82) is 0 Å². The Morgan fingerprint density at radius 1 is 1.12 bits per heavy atom. The number of anilines is 1. The van der Waals surface area contributed by atoms with Crippen molar-refractivity contribution >= 4 is 34.1 Å². The van der Waals surface area contributed by atoms with E-state index in [0.717, 1.165) is 16.9 Å². The van der Waals surface area contributed by atoms with E-state index in [1.165, 1.54) is 0 Å². The van der Waals surface area contributed by atoms with Gasteiger partial charge in [0.2, 0.25) is 0 Å². The van der Waals surface area contributed by atoms with Gasteiger partial charge in [-0.2, -0.15) is 5.10 Å². The summed E-state index contributed by atoms with van der Waals surface area (Å²) < 4.78 is 13.6. The van der Waals surface area contributed by atoms with E-state index < -0.39 is 10.8 Å². The lowest BCUT2D eigenvalue weighted by Crippen LogP contribution is -2.16. The highest BCUT2D eigenvalue weighted by Crippen LogP contribution is 2.31. The molecule has 1 unspecified atom stereocenters. The summed E-state index contributed by atoms with van der Waals surface area (Å²) in [6.45, 7) is 0. The van der Waals surface area contributed by atoms with Gasteiger partial charge in [-0.3, -0.25) is 9.00 Å². The molecule has 7 heteroatoms. The first-order valence-corrected chi connectivity index (χ1v) is 9.56. The van der Waals surface area contributed by atoms with Gasteiger partial charge in [-0.05, 0) is 30.3 Å². The first-order valence-electron chi connectivity index (χ1n) is 7.70. The smallest absolute Gasteiger partial charge is 0.256 e. The summed E-state index contributed by atoms with van der Waals surface area (Å²) in [4.78, 5) is 12.6. The van der Waals surface area contributed by atoms with Gasteiger partial charge in [0.1, 0.15) is 5.82 Å². The summed E-state index contributed by atoms with van der Waals surface area (Å²) in [7, 11) is -0.974. The Morgan fingerprint density at radius 3 is 2.68 bits per heavy atom. The Bertz CT molecular complexity index is 985. The maximum atomic E-state index is 12.6. The zero-order valence-electron chi connectivity index (χ0n) is 13.1. The molecule has 1 aliphatic heterocycles. The molecule has 1 N–H and O–H groups in total. The number of nitrogens with zero attached hydrogens (tertiary/aromatic N) is 2. The van der Waals surface area contributed by atoms with Crippen LogP contribution in [-0.2, 0) is 22.3 Å². The fraction of sp³-hybridized carbons (Fsp3) is 0.111. The molecule has 0 bridgehead atoms. The third kappa shape index (κ3) is 3.10. The topological polar surface area (TPSA) is 64.0 Å². The summed E-state index contributed by atoms with van der Waals surface area (Å²) in [6, 6.07) is 16.3. The first kappa shape index (κ1) is 16.1. The van der Waals surface area contributed by atoms with E-state index in [0.29, 0.717) is 27.9 Å². The van der Waals surface area contributed by atoms with E-state index in [2.05, 4.69) is 10.4 Å². The van der Waals surface area contributed by atoms with Crippen molar-refractivity contribution in [3.8, 4) is 5.69 Å². The summed E-state index contributed by atoms with van der Waals surface area (Å²) in [5.41, 5.74) is 2.89. The number of para-hydroxylation sites is 1. The van der Waals surface area contributed by atoms with Gasteiger partial charge >= 0.3 is 0 Å². The van der Waals surface area contributed by atoms with Crippen LogP contribution >= 0.6 is 11.6 Å². The predicted molar refractivity (Wildman–Crippen MR) is 98.5 cm³/mol. The fourth-order valence-electron chi connectivity index (χ4n) is 2.82. The SMILES string of the molecule is O=C(Nc1c2c(nn1-c1ccccc1)CS(=O)C2)c1cccc(Cl)c1. The molecule has 2 aromatic carbocycles. The quantitative estimate of drug-likeness (QED) is 0.765. The van der Waals surface area contributed by atoms with Crippen LogP contribution in [0.1, 0.15) is 21.6 Å². The van der Waals surface area contributed by atoms with Crippen molar-refractivity contribution in [3.63, 3.8) is 0 Å². The summed E-state index contributed by atoms with van der Waals surface area (Å²) >= 11 is 5.97. The highest BCUT2D eigenvalue weighted by molar-refractivity contribution is 7.83. The molecule has 4 rings (SSSR count). The molecule has 0 spiro atoms. The van der Waals surface area contributed by atoms with Crippen molar-refractivity contribution in [2.45, 2.75) is 11.5 Å². The maximum absolute atomic E-state index is 12.6. The zero-order chi connectivity index (χ0) is 17.4. The van der Waals surface area contributed by atoms with E-state index in [4.69, 9.17) is 11.6 Å². The lowest BCUT2D eigenvalue weighted by molar-refractivity contribution is 0.102. The number of nitrogens with one attached hydrogen (secondary N) is 1. The molecular formula is C18H14ClN3O2S. The van der Waals surface area contributed by atoms with Gasteiger partial charge in [0.05, 0.1) is 22.9 Å². The minimum atomic E-state index is -0.974. The van der Waals surface area contributed by atoms with Crippen LogP contribution in [-0.4, -0.2) is 19.9 Å². The molecule has 3 aromatic rings. The van der Waals surface area contributed by atoms with Crippen LogP contribution < -0.4 is 5.32 Å². The van der Waals surface area contributed by atoms with Gasteiger partial charge in [-0.25, -0.2) is 4.68 Å². The van der Waals surface area contributed by atoms with E-state index in [-0.39, 0.29) is 5.91 Å². The monoisotopic (exact) mass is 371 g/mol. The molecule has 0 saturated carbocycles. The number of amides is 1. The molecule has 25 heavy (non-hydrogen) atoms. The standard InChI is InChI=1S/C18H14ClN3O2S/c19-13-6-4-5-12(9-13)18(23)20-17-15-10-25(24)11-16(15)21-22(17)14-7-2-1-3-8-14/h1-9H,10-11H2,(H,20,23). The number of halogens is 1. The van der Waals surface area contributed by atoms with Gasteiger partial charge in [0.15, 0.2) is 0 Å². The molecule has 0 radical (unpaired) electrons. The maximum Gasteiger partial charge on any atom is 0.256 e. The molecule has 1 aromatic heterocycles. The van der Waals surface area contributed by atoms with Crippen LogP contribution in [0.3, 0.4) is 0 Å². The largest absolute Gasteiger partial charge is 0.306 e. The summed E-state index contributed by atoms with van der Waals surface area (Å²) in [6.07, 6.45) is 0. The highest BCUT2D eigenvalue weighted by atomic mass is 35.5. The van der Waals surface area contributed by atoms with Crippen molar-refractivity contribution in [2.24, 2.45) is 0 Å². The third-order valence-electron chi connectivity index (χ3n) is 3.99. The fourth-order valence-corrected chi connectivity index (χ4v) is 4.28. The number of rotatable bonds is 3. The van der Waals surface area contributed by atoms with Crippen molar-refractivity contribution in [2.75, 3.05) is 5.32 Å². The van der Waals surface area contributed by atoms with Crippen LogP contribution in [0, 0.1) is 0 Å². The van der Waals surface area contributed by atoms with Gasteiger partial charge in [-0.1, -0.05) is 35.9 Å². The van der Waals surface area contributed by atoms with Crippen LogP contribution in [0.5, 0.6) is 0 Å². The van der Waals surface area contributed by atoms with E-state index in [9.17, 15) is 9.00 Å². The molecule has 1 amide bonds. The molecule has 0 saturated heterocycles. The van der Waals surface area contributed by atoms with Gasteiger partial charge in [0.25, 0.3) is 5.91 Å². The van der Waals surface area contributed by atoms with Crippen molar-refractivity contribution < 1.29 is 9.00 Å². The Balaban J connectivity index is 1.75. The lowest BCUT2D eigenvalue weighted by atomic mass is 10.2. The number of fused-ring (bicyclic) bond motifs is 1. The van der Waals surface area contributed by atoms with Crippen LogP contribution in [0.2, 0.25) is 5.02 Å². The highest BCUT2D eigenvalue weighted by Gasteiger charge is 2.28. The molecule has 5 nitrogen and oxygen atoms in total. The molecule has 1 atom stereocenters. The molecule has 1 aliphatic rings. The summed E-state index contributed by atoms with van der Waals surface area (Å²) in [5.74, 6) is 1.10. The van der Waals surface area contributed by atoms with Crippen LogP contribution in [0.15, 0.2) is 54.6 Å². The van der Waals surface area contributed by atoms with Gasteiger partial charge in [-0.15, -0.1) is 0 Å². The van der Waals surface area contributed by atoms with E-state index >= 15 is 0 Å². The first-order chi connectivity index (χ1) is 12.1. The average Bonchev–Trinajstić information content (AvgIpc) is 3.13. The molecule has 0 aliphatic carbocycles. The third-order valence-corrected chi connectivity index (χ3v) is 5.43.